The molecule has 2 rings (SSSR count). The Labute approximate surface area is 102 Å². The molecule has 1 aromatic carbocycles. The van der Waals surface area contributed by atoms with E-state index in [4.69, 9.17) is 33.7 Å². The van der Waals surface area contributed by atoms with Gasteiger partial charge in [-0.1, -0.05) is 29.3 Å². The van der Waals surface area contributed by atoms with Crippen molar-refractivity contribution in [2.75, 3.05) is 5.73 Å². The van der Waals surface area contributed by atoms with Crippen molar-refractivity contribution in [3.8, 4) is 11.6 Å². The highest BCUT2D eigenvalue weighted by molar-refractivity contribution is 6.34. The van der Waals surface area contributed by atoms with Crippen LogP contribution < -0.4 is 10.5 Å². The van der Waals surface area contributed by atoms with Gasteiger partial charge in [0.1, 0.15) is 22.9 Å². The molecule has 0 aliphatic heterocycles. The van der Waals surface area contributed by atoms with Crippen molar-refractivity contribution in [3.63, 3.8) is 0 Å². The maximum Gasteiger partial charge on any atom is 0.243 e. The number of hydrogen-bond donors (Lipinski definition) is 1. The maximum absolute atomic E-state index is 5.87. The van der Waals surface area contributed by atoms with E-state index in [0.29, 0.717) is 10.8 Å². The Morgan fingerprint density at radius 1 is 1.19 bits per heavy atom. The molecule has 0 aliphatic rings. The summed E-state index contributed by atoms with van der Waals surface area (Å²) in [5.41, 5.74) is 5.52. The fraction of sp³-hybridized carbons (Fsp3) is 0. The molecular formula is C10H7Cl2N3O. The second-order valence-electron chi connectivity index (χ2n) is 2.94. The normalized spacial score (nSPS) is 10.1. The molecule has 6 heteroatoms. The summed E-state index contributed by atoms with van der Waals surface area (Å²) in [7, 11) is 0. The molecular weight excluding hydrogens is 249 g/mol. The van der Waals surface area contributed by atoms with Gasteiger partial charge < -0.3 is 10.5 Å². The fourth-order valence-corrected chi connectivity index (χ4v) is 1.40. The summed E-state index contributed by atoms with van der Waals surface area (Å²) in [6.07, 6.45) is 1.28. The first-order chi connectivity index (χ1) is 7.66. The third kappa shape index (κ3) is 2.35. The summed E-state index contributed by atoms with van der Waals surface area (Å²) in [4.78, 5) is 7.60. The van der Waals surface area contributed by atoms with Gasteiger partial charge in [0.05, 0.1) is 0 Å². The summed E-state index contributed by atoms with van der Waals surface area (Å²) in [6, 6.07) is 6.89. The van der Waals surface area contributed by atoms with E-state index in [2.05, 4.69) is 9.97 Å². The van der Waals surface area contributed by atoms with Gasteiger partial charge in [-0.3, -0.25) is 0 Å². The Bertz CT molecular complexity index is 519. The van der Waals surface area contributed by atoms with Crippen molar-refractivity contribution in [1.29, 1.82) is 0 Å². The van der Waals surface area contributed by atoms with Gasteiger partial charge in [-0.25, -0.2) is 4.98 Å². The predicted octanol–water partition coefficient (Wildman–Crippen LogP) is 3.16. The Hall–Kier alpha value is -1.52. The Balaban J connectivity index is 2.31. The van der Waals surface area contributed by atoms with Crippen LogP contribution in [0.3, 0.4) is 0 Å². The van der Waals surface area contributed by atoms with Gasteiger partial charge in [0.15, 0.2) is 0 Å². The first-order valence-electron chi connectivity index (χ1n) is 4.36. The molecule has 1 aromatic heterocycles. The van der Waals surface area contributed by atoms with Gasteiger partial charge in [0.25, 0.3) is 0 Å². The monoisotopic (exact) mass is 255 g/mol. The summed E-state index contributed by atoms with van der Waals surface area (Å²) < 4.78 is 5.42. The highest BCUT2D eigenvalue weighted by Crippen LogP contribution is 2.30. The number of benzene rings is 1. The van der Waals surface area contributed by atoms with Crippen molar-refractivity contribution < 1.29 is 4.74 Å². The maximum atomic E-state index is 5.87. The van der Waals surface area contributed by atoms with Crippen LogP contribution in [0.15, 0.2) is 30.6 Å². The molecule has 0 unspecified atom stereocenters. The number of nitrogens with zero attached hydrogens (tertiary/aromatic N) is 2. The molecule has 0 radical (unpaired) electrons. The number of rotatable bonds is 2. The molecule has 0 atom stereocenters. The quantitative estimate of drug-likeness (QED) is 0.896. The zero-order chi connectivity index (χ0) is 11.5. The average molecular weight is 256 g/mol. The minimum Gasteiger partial charge on any atom is -0.437 e. The zero-order valence-corrected chi connectivity index (χ0v) is 9.53. The van der Waals surface area contributed by atoms with Gasteiger partial charge >= 0.3 is 0 Å². The van der Waals surface area contributed by atoms with Gasteiger partial charge in [-0.15, -0.1) is 0 Å². The van der Waals surface area contributed by atoms with Crippen LogP contribution >= 0.6 is 23.2 Å². The van der Waals surface area contributed by atoms with Crippen LogP contribution in [-0.4, -0.2) is 9.97 Å². The van der Waals surface area contributed by atoms with Crippen molar-refractivity contribution in [2.24, 2.45) is 0 Å². The minimum absolute atomic E-state index is 0.175. The van der Waals surface area contributed by atoms with Crippen molar-refractivity contribution in [3.05, 3.63) is 40.6 Å². The van der Waals surface area contributed by atoms with Crippen molar-refractivity contribution in [1.82, 2.24) is 9.97 Å². The average Bonchev–Trinajstić information content (AvgIpc) is 2.25. The van der Waals surface area contributed by atoms with E-state index in [1.165, 1.54) is 6.33 Å². The molecule has 1 heterocycles. The Morgan fingerprint density at radius 2 is 2.00 bits per heavy atom. The first-order valence-corrected chi connectivity index (χ1v) is 5.12. The van der Waals surface area contributed by atoms with Crippen LogP contribution in [0.25, 0.3) is 0 Å². The molecule has 16 heavy (non-hydrogen) atoms. The third-order valence-corrected chi connectivity index (χ3v) is 2.39. The number of nitrogen functional groups attached to an aromatic ring is 1. The Kier molecular flexibility index (Phi) is 3.12. The van der Waals surface area contributed by atoms with E-state index >= 15 is 0 Å². The lowest BCUT2D eigenvalue weighted by atomic mass is 10.3. The molecule has 0 saturated heterocycles. The molecule has 0 spiro atoms. The van der Waals surface area contributed by atoms with E-state index in [0.717, 1.165) is 0 Å². The topological polar surface area (TPSA) is 61.0 Å². The van der Waals surface area contributed by atoms with Crippen LogP contribution in [0.4, 0.5) is 5.82 Å². The van der Waals surface area contributed by atoms with E-state index in [-0.39, 0.29) is 16.7 Å². The van der Waals surface area contributed by atoms with Crippen molar-refractivity contribution >= 4 is 29.0 Å². The highest BCUT2D eigenvalue weighted by atomic mass is 35.5. The van der Waals surface area contributed by atoms with E-state index in [1.54, 1.807) is 24.3 Å². The van der Waals surface area contributed by atoms with Gasteiger partial charge in [-0.05, 0) is 18.2 Å². The summed E-state index contributed by atoms with van der Waals surface area (Å²) in [5, 5.41) is 0.748. The Morgan fingerprint density at radius 3 is 2.75 bits per heavy atom. The number of ether oxygens (including phenoxy) is 1. The largest absolute Gasteiger partial charge is 0.437 e. The second kappa shape index (κ2) is 4.55. The van der Waals surface area contributed by atoms with Crippen LogP contribution in [0.2, 0.25) is 10.0 Å². The van der Waals surface area contributed by atoms with Crippen molar-refractivity contribution in [2.45, 2.75) is 0 Å². The molecule has 2 N–H and O–H groups in total. The standard InChI is InChI=1S/C10H7Cl2N3O/c11-6-2-1-3-7(4-6)16-10-8(12)9(13)14-5-15-10/h1-5H,(H2,13,14,15). The number of hydrogen-bond acceptors (Lipinski definition) is 4. The molecule has 0 amide bonds. The minimum atomic E-state index is 0.175. The van der Waals surface area contributed by atoms with Crippen LogP contribution in [0, 0.1) is 0 Å². The number of anilines is 1. The highest BCUT2D eigenvalue weighted by Gasteiger charge is 2.08. The molecule has 0 aliphatic carbocycles. The van der Waals surface area contributed by atoms with E-state index < -0.39 is 0 Å². The predicted molar refractivity (Wildman–Crippen MR) is 63.0 cm³/mol. The zero-order valence-electron chi connectivity index (χ0n) is 8.02. The molecule has 2 aromatic rings. The van der Waals surface area contributed by atoms with Crippen LogP contribution in [-0.2, 0) is 0 Å². The van der Waals surface area contributed by atoms with E-state index in [9.17, 15) is 0 Å². The molecule has 82 valence electrons. The van der Waals surface area contributed by atoms with Crippen LogP contribution in [0.5, 0.6) is 11.6 Å². The summed E-state index contributed by atoms with van der Waals surface area (Å²) >= 11 is 11.7. The SMILES string of the molecule is Nc1ncnc(Oc2cccc(Cl)c2)c1Cl. The fourth-order valence-electron chi connectivity index (χ4n) is 1.08. The smallest absolute Gasteiger partial charge is 0.243 e. The number of aromatic nitrogens is 2. The van der Waals surface area contributed by atoms with Gasteiger partial charge in [-0.2, -0.15) is 4.98 Å². The summed E-state index contributed by atoms with van der Waals surface area (Å²) in [6.45, 7) is 0. The molecule has 0 bridgehead atoms. The number of nitrogens with two attached hydrogens (primary N) is 1. The molecule has 4 nitrogen and oxygen atoms in total. The van der Waals surface area contributed by atoms with E-state index in [1.807, 2.05) is 0 Å². The second-order valence-corrected chi connectivity index (χ2v) is 3.75. The lowest BCUT2D eigenvalue weighted by molar-refractivity contribution is 0.462. The van der Waals surface area contributed by atoms with Crippen LogP contribution in [0.1, 0.15) is 0 Å². The van der Waals surface area contributed by atoms with Gasteiger partial charge in [0.2, 0.25) is 5.88 Å². The number of halogens is 2. The lowest BCUT2D eigenvalue weighted by Crippen LogP contribution is -1.96. The molecule has 0 saturated carbocycles. The lowest BCUT2D eigenvalue weighted by Gasteiger charge is -2.06. The summed E-state index contributed by atoms with van der Waals surface area (Å²) in [5.74, 6) is 0.914. The molecule has 0 fully saturated rings. The third-order valence-electron chi connectivity index (χ3n) is 1.80. The van der Waals surface area contributed by atoms with Gasteiger partial charge in [0, 0.05) is 5.02 Å². The first kappa shape index (κ1) is 11.0.